The minimum atomic E-state index is -0.397. The monoisotopic (exact) mass is 436 g/mol. The second-order valence-electron chi connectivity index (χ2n) is 5.60. The van der Waals surface area contributed by atoms with Crippen LogP contribution in [0.15, 0.2) is 40.9 Å². The Morgan fingerprint density at radius 2 is 1.88 bits per heavy atom. The Labute approximate surface area is 163 Å². The molecule has 3 rings (SSSR count). The van der Waals surface area contributed by atoms with Crippen molar-refractivity contribution in [1.29, 1.82) is 0 Å². The first-order valence-electron chi connectivity index (χ1n) is 7.70. The first kappa shape index (κ1) is 18.4. The Kier molecular flexibility index (Phi) is 5.29. The van der Waals surface area contributed by atoms with Crippen molar-refractivity contribution < 1.29 is 19.1 Å². The van der Waals surface area contributed by atoms with E-state index in [-0.39, 0.29) is 18.9 Å². The van der Waals surface area contributed by atoms with Crippen LogP contribution < -0.4 is 10.1 Å². The third-order valence-electron chi connectivity index (χ3n) is 3.93. The smallest absolute Gasteiger partial charge is 0.261 e. The largest absolute Gasteiger partial charge is 0.495 e. The molecule has 1 N–H and O–H groups in total. The molecule has 0 saturated carbocycles. The van der Waals surface area contributed by atoms with E-state index in [0.29, 0.717) is 32.1 Å². The quantitative estimate of drug-likeness (QED) is 0.723. The lowest BCUT2D eigenvalue weighted by Crippen LogP contribution is -2.32. The lowest BCUT2D eigenvalue weighted by Gasteiger charge is -2.13. The van der Waals surface area contributed by atoms with Crippen molar-refractivity contribution in [2.75, 3.05) is 19.0 Å². The summed E-state index contributed by atoms with van der Waals surface area (Å²) in [6, 6.07) is 9.77. The van der Waals surface area contributed by atoms with E-state index in [4.69, 9.17) is 16.3 Å². The van der Waals surface area contributed by atoms with Gasteiger partial charge >= 0.3 is 0 Å². The van der Waals surface area contributed by atoms with Gasteiger partial charge in [0.2, 0.25) is 5.91 Å². The second kappa shape index (κ2) is 7.47. The molecule has 0 unspecified atom stereocenters. The minimum absolute atomic E-state index is 0.000312. The number of hydrogen-bond acceptors (Lipinski definition) is 4. The summed E-state index contributed by atoms with van der Waals surface area (Å²) < 4.78 is 5.77. The number of ether oxygens (including phenoxy) is 1. The standard InChI is InChI=1S/C18H14BrClN2O4/c1-26-15-5-3-11(9-14(15)20)21-16(23)6-7-22-17(24)12-4-2-10(19)8-13(12)18(22)25/h2-5,8-9H,6-7H2,1H3,(H,21,23). The number of amides is 3. The molecule has 8 heteroatoms. The number of nitrogens with one attached hydrogen (secondary N) is 1. The van der Waals surface area contributed by atoms with E-state index in [9.17, 15) is 14.4 Å². The van der Waals surface area contributed by atoms with Gasteiger partial charge in [0.15, 0.2) is 0 Å². The molecule has 0 aromatic heterocycles. The highest BCUT2D eigenvalue weighted by Crippen LogP contribution is 2.28. The van der Waals surface area contributed by atoms with Gasteiger partial charge in [0.05, 0.1) is 23.3 Å². The van der Waals surface area contributed by atoms with Crippen molar-refractivity contribution in [3.63, 3.8) is 0 Å². The number of nitrogens with zero attached hydrogens (tertiary/aromatic N) is 1. The molecule has 26 heavy (non-hydrogen) atoms. The summed E-state index contributed by atoms with van der Waals surface area (Å²) in [6.07, 6.45) is -0.0176. The summed E-state index contributed by atoms with van der Waals surface area (Å²) in [6.45, 7) is -0.000312. The summed E-state index contributed by atoms with van der Waals surface area (Å²) in [7, 11) is 1.50. The zero-order chi connectivity index (χ0) is 18.8. The Bertz CT molecular complexity index is 916. The van der Waals surface area contributed by atoms with Crippen LogP contribution in [0.3, 0.4) is 0 Å². The van der Waals surface area contributed by atoms with Crippen LogP contribution >= 0.6 is 27.5 Å². The summed E-state index contributed by atoms with van der Waals surface area (Å²) in [4.78, 5) is 37.9. The number of carbonyl (C=O) groups excluding carboxylic acids is 3. The van der Waals surface area contributed by atoms with Gasteiger partial charge in [-0.25, -0.2) is 0 Å². The SMILES string of the molecule is COc1ccc(NC(=O)CCN2C(=O)c3ccc(Br)cc3C2=O)cc1Cl. The maximum atomic E-state index is 12.4. The van der Waals surface area contributed by atoms with E-state index in [0.717, 1.165) is 4.90 Å². The number of fused-ring (bicyclic) bond motifs is 1. The number of imide groups is 1. The molecule has 134 valence electrons. The first-order valence-corrected chi connectivity index (χ1v) is 8.87. The molecule has 0 saturated heterocycles. The van der Waals surface area contributed by atoms with E-state index >= 15 is 0 Å². The van der Waals surface area contributed by atoms with Crippen LogP contribution in [-0.4, -0.2) is 36.3 Å². The maximum Gasteiger partial charge on any atom is 0.261 e. The molecule has 2 aromatic carbocycles. The lowest BCUT2D eigenvalue weighted by molar-refractivity contribution is -0.116. The van der Waals surface area contributed by atoms with Crippen LogP contribution in [-0.2, 0) is 4.79 Å². The third-order valence-corrected chi connectivity index (χ3v) is 4.72. The highest BCUT2D eigenvalue weighted by atomic mass is 79.9. The van der Waals surface area contributed by atoms with Crippen molar-refractivity contribution in [3.05, 3.63) is 57.0 Å². The van der Waals surface area contributed by atoms with E-state index in [2.05, 4.69) is 21.2 Å². The fourth-order valence-corrected chi connectivity index (χ4v) is 3.27. The zero-order valence-electron chi connectivity index (χ0n) is 13.7. The number of rotatable bonds is 5. The van der Waals surface area contributed by atoms with Crippen molar-refractivity contribution >= 4 is 50.9 Å². The molecule has 0 spiro atoms. The van der Waals surface area contributed by atoms with Gasteiger partial charge in [0, 0.05) is 23.1 Å². The summed E-state index contributed by atoms with van der Waals surface area (Å²) >= 11 is 9.30. The molecule has 0 bridgehead atoms. The summed E-state index contributed by atoms with van der Waals surface area (Å²) in [5.41, 5.74) is 1.19. The van der Waals surface area contributed by atoms with Gasteiger partial charge < -0.3 is 10.1 Å². The van der Waals surface area contributed by atoms with E-state index in [1.54, 1.807) is 36.4 Å². The number of halogens is 2. The van der Waals surface area contributed by atoms with Crippen molar-refractivity contribution in [2.24, 2.45) is 0 Å². The fourth-order valence-electron chi connectivity index (χ4n) is 2.65. The molecule has 2 aromatic rings. The number of anilines is 1. The van der Waals surface area contributed by atoms with Gasteiger partial charge in [-0.05, 0) is 36.4 Å². The second-order valence-corrected chi connectivity index (χ2v) is 6.92. The van der Waals surface area contributed by atoms with Gasteiger partial charge in [0.25, 0.3) is 11.8 Å². The first-order chi connectivity index (χ1) is 12.4. The highest BCUT2D eigenvalue weighted by Gasteiger charge is 2.35. The molecule has 0 fully saturated rings. The van der Waals surface area contributed by atoms with E-state index in [1.807, 2.05) is 0 Å². The van der Waals surface area contributed by atoms with Gasteiger partial charge in [-0.3, -0.25) is 19.3 Å². The average Bonchev–Trinajstić information content (AvgIpc) is 2.83. The topological polar surface area (TPSA) is 75.7 Å². The molecule has 6 nitrogen and oxygen atoms in total. The van der Waals surface area contributed by atoms with Crippen molar-refractivity contribution in [2.45, 2.75) is 6.42 Å². The molecular formula is C18H14BrClN2O4. The minimum Gasteiger partial charge on any atom is -0.495 e. The van der Waals surface area contributed by atoms with Crippen LogP contribution in [0.5, 0.6) is 5.75 Å². The summed E-state index contributed by atoms with van der Waals surface area (Å²) in [5, 5.41) is 3.05. The van der Waals surface area contributed by atoms with Crippen LogP contribution in [0.25, 0.3) is 0 Å². The van der Waals surface area contributed by atoms with E-state index in [1.165, 1.54) is 7.11 Å². The molecule has 0 aliphatic carbocycles. The Morgan fingerprint density at radius 3 is 2.58 bits per heavy atom. The van der Waals surface area contributed by atoms with Gasteiger partial charge in [-0.1, -0.05) is 27.5 Å². The maximum absolute atomic E-state index is 12.4. The van der Waals surface area contributed by atoms with E-state index < -0.39 is 11.8 Å². The molecule has 3 amide bonds. The molecule has 0 atom stereocenters. The molecule has 1 heterocycles. The third kappa shape index (κ3) is 3.59. The number of hydrogen-bond donors (Lipinski definition) is 1. The van der Waals surface area contributed by atoms with Gasteiger partial charge in [0.1, 0.15) is 5.75 Å². The Morgan fingerprint density at radius 1 is 1.15 bits per heavy atom. The number of benzene rings is 2. The normalized spacial score (nSPS) is 13.0. The molecule has 1 aliphatic rings. The zero-order valence-corrected chi connectivity index (χ0v) is 16.1. The Balaban J connectivity index is 1.62. The highest BCUT2D eigenvalue weighted by molar-refractivity contribution is 9.10. The van der Waals surface area contributed by atoms with Gasteiger partial charge in [-0.2, -0.15) is 0 Å². The summed E-state index contributed by atoms with van der Waals surface area (Å²) in [5.74, 6) is -0.616. The van der Waals surface area contributed by atoms with Crippen molar-refractivity contribution in [3.8, 4) is 5.75 Å². The Hall–Kier alpha value is -2.38. The average molecular weight is 438 g/mol. The molecule has 1 aliphatic heterocycles. The fraction of sp³-hybridized carbons (Fsp3) is 0.167. The molecular weight excluding hydrogens is 424 g/mol. The lowest BCUT2D eigenvalue weighted by atomic mass is 10.1. The van der Waals surface area contributed by atoms with Crippen LogP contribution in [0.2, 0.25) is 5.02 Å². The predicted molar refractivity (Wildman–Crippen MR) is 101 cm³/mol. The van der Waals surface area contributed by atoms with Crippen LogP contribution in [0.1, 0.15) is 27.1 Å². The number of carbonyl (C=O) groups is 3. The van der Waals surface area contributed by atoms with Crippen LogP contribution in [0, 0.1) is 0 Å². The van der Waals surface area contributed by atoms with Gasteiger partial charge in [-0.15, -0.1) is 0 Å². The number of methoxy groups -OCH3 is 1. The van der Waals surface area contributed by atoms with Crippen molar-refractivity contribution in [1.82, 2.24) is 4.90 Å². The van der Waals surface area contributed by atoms with Crippen LogP contribution in [0.4, 0.5) is 5.69 Å². The predicted octanol–water partition coefficient (Wildman–Crippen LogP) is 3.74. The molecule has 0 radical (unpaired) electrons.